The molecule has 0 spiro atoms. The number of hydrogen-bond donors (Lipinski definition) is 2. The summed E-state index contributed by atoms with van der Waals surface area (Å²) >= 11 is 13.1. The Morgan fingerprint density at radius 3 is 2.67 bits per heavy atom. The van der Waals surface area contributed by atoms with Crippen molar-refractivity contribution in [1.29, 1.82) is 0 Å². The smallest absolute Gasteiger partial charge is 0.257 e. The van der Waals surface area contributed by atoms with Crippen molar-refractivity contribution < 1.29 is 9.90 Å². The van der Waals surface area contributed by atoms with Gasteiger partial charge in [0, 0.05) is 6.20 Å². The Morgan fingerprint density at radius 2 is 1.90 bits per heavy atom. The van der Waals surface area contributed by atoms with Crippen molar-refractivity contribution in [2.24, 2.45) is 0 Å². The number of amides is 1. The Bertz CT molecular complexity index is 852. The highest BCUT2D eigenvalue weighted by molar-refractivity contribution is 7.00. The van der Waals surface area contributed by atoms with Gasteiger partial charge in [0.25, 0.3) is 5.91 Å². The molecule has 1 amide bonds. The Balaban J connectivity index is 2.02. The Morgan fingerprint density at radius 1 is 1.14 bits per heavy atom. The molecule has 2 heterocycles. The molecule has 0 aliphatic heterocycles. The van der Waals surface area contributed by atoms with E-state index in [1.54, 1.807) is 0 Å². The van der Waals surface area contributed by atoms with Gasteiger partial charge in [0.05, 0.1) is 39.2 Å². The van der Waals surface area contributed by atoms with Gasteiger partial charge in [-0.25, -0.2) is 0 Å². The number of carbonyl (C=O) groups is 1. The lowest BCUT2D eigenvalue weighted by molar-refractivity contribution is 0.102. The number of benzene rings is 1. The zero-order valence-electron chi connectivity index (χ0n) is 10.2. The fourth-order valence-corrected chi connectivity index (χ4v) is 2.89. The minimum Gasteiger partial charge on any atom is -0.506 e. The van der Waals surface area contributed by atoms with Crippen LogP contribution in [-0.2, 0) is 0 Å². The standard InChI is InChI=1S/C12H6Cl2N4O2S/c13-7-2-8(14)10-11(18-21-17-10)9(7)16-12(20)5-1-6(19)4-15-3-5/h1-4,19H,(H,16,20). The highest BCUT2D eigenvalue weighted by Gasteiger charge is 2.17. The number of fused-ring (bicyclic) bond motifs is 1. The molecule has 0 radical (unpaired) electrons. The highest BCUT2D eigenvalue weighted by Crippen LogP contribution is 2.35. The van der Waals surface area contributed by atoms with Crippen molar-refractivity contribution in [3.05, 3.63) is 40.1 Å². The van der Waals surface area contributed by atoms with Crippen LogP contribution in [0.15, 0.2) is 24.5 Å². The zero-order valence-corrected chi connectivity index (χ0v) is 12.5. The molecule has 0 saturated heterocycles. The average Bonchev–Trinajstić information content (AvgIpc) is 2.93. The summed E-state index contributed by atoms with van der Waals surface area (Å²) in [5.74, 6) is -0.581. The quantitative estimate of drug-likeness (QED) is 0.746. The van der Waals surface area contributed by atoms with Crippen molar-refractivity contribution in [2.75, 3.05) is 5.32 Å². The summed E-state index contributed by atoms with van der Waals surface area (Å²) in [6.45, 7) is 0. The van der Waals surface area contributed by atoms with Gasteiger partial charge in [-0.1, -0.05) is 23.2 Å². The molecule has 0 atom stereocenters. The normalized spacial score (nSPS) is 10.8. The number of pyridine rings is 1. The topological polar surface area (TPSA) is 88.0 Å². The van der Waals surface area contributed by atoms with E-state index in [9.17, 15) is 9.90 Å². The number of aromatic hydroxyl groups is 1. The molecule has 0 aliphatic carbocycles. The first-order chi connectivity index (χ1) is 10.1. The van der Waals surface area contributed by atoms with Crippen molar-refractivity contribution >= 4 is 57.6 Å². The summed E-state index contributed by atoms with van der Waals surface area (Å²) in [7, 11) is 0. The fraction of sp³-hybridized carbons (Fsp3) is 0. The second kappa shape index (κ2) is 5.44. The number of hydrogen-bond acceptors (Lipinski definition) is 6. The molecule has 6 nitrogen and oxygen atoms in total. The number of rotatable bonds is 2. The van der Waals surface area contributed by atoms with Crippen LogP contribution in [0.3, 0.4) is 0 Å². The van der Waals surface area contributed by atoms with Gasteiger partial charge in [-0.3, -0.25) is 9.78 Å². The van der Waals surface area contributed by atoms with E-state index < -0.39 is 5.91 Å². The summed E-state index contributed by atoms with van der Waals surface area (Å²) < 4.78 is 8.14. The van der Waals surface area contributed by atoms with Gasteiger partial charge in [0.1, 0.15) is 16.8 Å². The zero-order chi connectivity index (χ0) is 15.0. The third kappa shape index (κ3) is 2.63. The van der Waals surface area contributed by atoms with Gasteiger partial charge < -0.3 is 10.4 Å². The Labute approximate surface area is 132 Å². The monoisotopic (exact) mass is 340 g/mol. The predicted octanol–water partition coefficient (Wildman–Crippen LogP) is 3.35. The van der Waals surface area contributed by atoms with Crippen molar-refractivity contribution in [3.63, 3.8) is 0 Å². The lowest BCUT2D eigenvalue weighted by atomic mass is 10.2. The third-order valence-corrected chi connectivity index (χ3v) is 3.78. The van der Waals surface area contributed by atoms with E-state index in [0.29, 0.717) is 21.7 Å². The molecule has 2 N–H and O–H groups in total. The summed E-state index contributed by atoms with van der Waals surface area (Å²) in [5, 5.41) is 12.6. The first kappa shape index (κ1) is 14.0. The molecule has 106 valence electrons. The first-order valence-corrected chi connectivity index (χ1v) is 7.10. The Kier molecular flexibility index (Phi) is 3.62. The molecule has 0 fully saturated rings. The molecular formula is C12H6Cl2N4O2S. The van der Waals surface area contributed by atoms with Crippen molar-refractivity contribution in [2.45, 2.75) is 0 Å². The van der Waals surface area contributed by atoms with Crippen LogP contribution in [0, 0.1) is 0 Å². The van der Waals surface area contributed by atoms with Crippen LogP contribution < -0.4 is 5.32 Å². The van der Waals surface area contributed by atoms with Gasteiger partial charge in [0.15, 0.2) is 0 Å². The molecule has 9 heteroatoms. The van der Waals surface area contributed by atoms with E-state index in [1.165, 1.54) is 24.5 Å². The van der Waals surface area contributed by atoms with Crippen molar-refractivity contribution in [1.82, 2.24) is 13.7 Å². The summed E-state index contributed by atoms with van der Waals surface area (Å²) in [6.07, 6.45) is 2.56. The van der Waals surface area contributed by atoms with E-state index in [1.807, 2.05) is 0 Å². The highest BCUT2D eigenvalue weighted by atomic mass is 35.5. The summed E-state index contributed by atoms with van der Waals surface area (Å²) in [6, 6.07) is 2.78. The third-order valence-electron chi connectivity index (χ3n) is 2.67. The number of carbonyl (C=O) groups excluding carboxylic acids is 1. The summed E-state index contributed by atoms with van der Waals surface area (Å²) in [4.78, 5) is 15.9. The van der Waals surface area contributed by atoms with Crippen LogP contribution in [-0.4, -0.2) is 24.7 Å². The minimum atomic E-state index is -0.475. The maximum absolute atomic E-state index is 12.2. The van der Waals surface area contributed by atoms with Crippen LogP contribution >= 0.6 is 34.9 Å². The lowest BCUT2D eigenvalue weighted by Gasteiger charge is -2.08. The SMILES string of the molecule is O=C(Nc1c(Cl)cc(Cl)c2nsnc12)c1cncc(O)c1. The van der Waals surface area contributed by atoms with Gasteiger partial charge >= 0.3 is 0 Å². The number of nitrogens with zero attached hydrogens (tertiary/aromatic N) is 3. The predicted molar refractivity (Wildman–Crippen MR) is 81.3 cm³/mol. The molecule has 3 aromatic rings. The molecule has 0 saturated carbocycles. The Hall–Kier alpha value is -1.96. The largest absolute Gasteiger partial charge is 0.506 e. The maximum atomic E-state index is 12.2. The number of nitrogens with one attached hydrogen (secondary N) is 1. The molecule has 0 aliphatic rings. The molecule has 0 bridgehead atoms. The molecule has 3 rings (SSSR count). The van der Waals surface area contributed by atoms with Gasteiger partial charge in [0.2, 0.25) is 0 Å². The second-order valence-corrected chi connectivity index (χ2v) is 5.41. The van der Waals surface area contributed by atoms with Crippen LogP contribution in [0.4, 0.5) is 5.69 Å². The summed E-state index contributed by atoms with van der Waals surface area (Å²) in [5.41, 5.74) is 1.39. The second-order valence-electron chi connectivity index (χ2n) is 4.06. The lowest BCUT2D eigenvalue weighted by Crippen LogP contribution is -2.13. The molecule has 2 aromatic heterocycles. The molecule has 0 unspecified atom stereocenters. The number of halogens is 2. The van der Waals surface area contributed by atoms with E-state index in [0.717, 1.165) is 11.7 Å². The molecule has 21 heavy (non-hydrogen) atoms. The van der Waals surface area contributed by atoms with E-state index >= 15 is 0 Å². The van der Waals surface area contributed by atoms with Crippen LogP contribution in [0.25, 0.3) is 11.0 Å². The van der Waals surface area contributed by atoms with Gasteiger partial charge in [-0.2, -0.15) is 8.75 Å². The van der Waals surface area contributed by atoms with Gasteiger partial charge in [-0.15, -0.1) is 0 Å². The van der Waals surface area contributed by atoms with Crippen LogP contribution in [0.2, 0.25) is 10.0 Å². The number of aromatic nitrogens is 3. The fourth-order valence-electron chi connectivity index (χ4n) is 1.73. The molecular weight excluding hydrogens is 335 g/mol. The maximum Gasteiger partial charge on any atom is 0.257 e. The van der Waals surface area contributed by atoms with Crippen LogP contribution in [0.1, 0.15) is 10.4 Å². The first-order valence-electron chi connectivity index (χ1n) is 5.62. The van der Waals surface area contributed by atoms with E-state index in [4.69, 9.17) is 23.2 Å². The van der Waals surface area contributed by atoms with Crippen LogP contribution in [0.5, 0.6) is 5.75 Å². The van der Waals surface area contributed by atoms with Crippen molar-refractivity contribution in [3.8, 4) is 5.75 Å². The average molecular weight is 341 g/mol. The minimum absolute atomic E-state index is 0.106. The van der Waals surface area contributed by atoms with E-state index in [-0.39, 0.29) is 16.3 Å². The van der Waals surface area contributed by atoms with E-state index in [2.05, 4.69) is 19.0 Å². The molecule has 1 aromatic carbocycles. The number of anilines is 1. The van der Waals surface area contributed by atoms with Gasteiger partial charge in [-0.05, 0) is 12.1 Å².